The molecule has 5 heteroatoms. The molecule has 5 nitrogen and oxygen atoms in total. The van der Waals surface area contributed by atoms with Gasteiger partial charge in [-0.3, -0.25) is 4.79 Å². The van der Waals surface area contributed by atoms with Crippen molar-refractivity contribution in [2.24, 2.45) is 5.92 Å². The van der Waals surface area contributed by atoms with E-state index in [0.717, 1.165) is 42.9 Å². The zero-order chi connectivity index (χ0) is 22.6. The SMILES string of the molecule is CCOC(=O)CC1(c2ccc(OC3CCc4ccc(OCCC(C)C)cc43)cc2)COC1. The monoisotopic (exact) mass is 438 g/mol. The van der Waals surface area contributed by atoms with Crippen LogP contribution in [0.4, 0.5) is 0 Å². The van der Waals surface area contributed by atoms with Crippen molar-refractivity contribution in [1.29, 1.82) is 0 Å². The zero-order valence-electron chi connectivity index (χ0n) is 19.4. The van der Waals surface area contributed by atoms with Crippen molar-refractivity contribution >= 4 is 5.97 Å². The fourth-order valence-electron chi connectivity index (χ4n) is 4.43. The van der Waals surface area contributed by atoms with Crippen LogP contribution in [0, 0.1) is 5.92 Å². The van der Waals surface area contributed by atoms with Crippen LogP contribution in [0.5, 0.6) is 11.5 Å². The number of fused-ring (bicyclic) bond motifs is 1. The average Bonchev–Trinajstić information content (AvgIpc) is 3.13. The van der Waals surface area contributed by atoms with Gasteiger partial charge in [0.2, 0.25) is 0 Å². The van der Waals surface area contributed by atoms with Crippen LogP contribution < -0.4 is 9.47 Å². The Hall–Kier alpha value is -2.53. The summed E-state index contributed by atoms with van der Waals surface area (Å²) >= 11 is 0. The number of ether oxygens (including phenoxy) is 4. The fraction of sp³-hybridized carbons (Fsp3) is 0.519. The second-order valence-electron chi connectivity index (χ2n) is 9.32. The molecule has 2 aliphatic rings. The molecular weight excluding hydrogens is 404 g/mol. The highest BCUT2D eigenvalue weighted by Gasteiger charge is 2.42. The number of hydrogen-bond acceptors (Lipinski definition) is 5. The average molecular weight is 439 g/mol. The van der Waals surface area contributed by atoms with Crippen LogP contribution >= 0.6 is 0 Å². The molecule has 0 aromatic heterocycles. The third kappa shape index (κ3) is 5.09. The topological polar surface area (TPSA) is 54.0 Å². The van der Waals surface area contributed by atoms with Gasteiger partial charge in [0.25, 0.3) is 0 Å². The molecule has 1 heterocycles. The largest absolute Gasteiger partial charge is 0.494 e. The summed E-state index contributed by atoms with van der Waals surface area (Å²) < 4.78 is 22.9. The molecule has 32 heavy (non-hydrogen) atoms. The van der Waals surface area contributed by atoms with Crippen LogP contribution in [-0.4, -0.2) is 32.4 Å². The van der Waals surface area contributed by atoms with E-state index in [1.807, 2.05) is 19.1 Å². The highest BCUT2D eigenvalue weighted by atomic mass is 16.5. The molecule has 0 N–H and O–H groups in total. The molecule has 2 aromatic rings. The molecule has 1 saturated heterocycles. The molecule has 0 bridgehead atoms. The van der Waals surface area contributed by atoms with Crippen molar-refractivity contribution in [2.45, 2.75) is 58.0 Å². The smallest absolute Gasteiger partial charge is 0.306 e. The third-order valence-corrected chi connectivity index (χ3v) is 6.39. The summed E-state index contributed by atoms with van der Waals surface area (Å²) in [5, 5.41) is 0. The first-order valence-electron chi connectivity index (χ1n) is 11.8. The highest BCUT2D eigenvalue weighted by Crippen LogP contribution is 2.39. The Labute approximate surface area is 191 Å². The van der Waals surface area contributed by atoms with Gasteiger partial charge in [0.1, 0.15) is 17.6 Å². The summed E-state index contributed by atoms with van der Waals surface area (Å²) in [7, 11) is 0. The van der Waals surface area contributed by atoms with E-state index >= 15 is 0 Å². The van der Waals surface area contributed by atoms with E-state index in [1.54, 1.807) is 0 Å². The lowest BCUT2D eigenvalue weighted by Gasteiger charge is -2.41. The van der Waals surface area contributed by atoms with E-state index in [-0.39, 0.29) is 17.5 Å². The van der Waals surface area contributed by atoms with Gasteiger partial charge in [-0.05, 0) is 73.1 Å². The summed E-state index contributed by atoms with van der Waals surface area (Å²) in [6.07, 6.45) is 3.41. The molecule has 0 saturated carbocycles. The molecule has 0 radical (unpaired) electrons. The van der Waals surface area contributed by atoms with Crippen LogP contribution in [0.3, 0.4) is 0 Å². The maximum Gasteiger partial charge on any atom is 0.306 e. The van der Waals surface area contributed by atoms with Crippen molar-refractivity contribution in [3.8, 4) is 11.5 Å². The minimum atomic E-state index is -0.285. The predicted molar refractivity (Wildman–Crippen MR) is 123 cm³/mol. The number of esters is 1. The molecule has 1 aliphatic carbocycles. The minimum Gasteiger partial charge on any atom is -0.494 e. The van der Waals surface area contributed by atoms with Crippen LogP contribution in [0.2, 0.25) is 0 Å². The normalized spacial score (nSPS) is 18.7. The maximum absolute atomic E-state index is 12.1. The van der Waals surface area contributed by atoms with E-state index in [2.05, 4.69) is 44.2 Å². The van der Waals surface area contributed by atoms with Gasteiger partial charge in [-0.1, -0.05) is 32.0 Å². The summed E-state index contributed by atoms with van der Waals surface area (Å²) in [5.74, 6) is 2.21. The van der Waals surface area contributed by atoms with Crippen LogP contribution in [0.25, 0.3) is 0 Å². The summed E-state index contributed by atoms with van der Waals surface area (Å²) in [4.78, 5) is 12.1. The Morgan fingerprint density at radius 1 is 1.12 bits per heavy atom. The highest BCUT2D eigenvalue weighted by molar-refractivity contribution is 5.72. The van der Waals surface area contributed by atoms with Crippen LogP contribution in [0.1, 0.15) is 62.8 Å². The Bertz CT molecular complexity index is 914. The molecule has 1 aliphatic heterocycles. The fourth-order valence-corrected chi connectivity index (χ4v) is 4.43. The number of hydrogen-bond donors (Lipinski definition) is 0. The minimum absolute atomic E-state index is 0.0324. The first-order chi connectivity index (χ1) is 15.5. The van der Waals surface area contributed by atoms with Crippen LogP contribution in [0.15, 0.2) is 42.5 Å². The standard InChI is InChI=1S/C27H34O5/c1-4-30-26(28)16-27(17-29-18-27)21-7-10-22(11-8-21)32-25-12-6-20-5-9-23(15-24(20)25)31-14-13-19(2)3/h5,7-11,15,19,25H,4,6,12-14,16-18H2,1-3H3. The lowest BCUT2D eigenvalue weighted by Crippen LogP contribution is -2.48. The van der Waals surface area contributed by atoms with E-state index in [4.69, 9.17) is 18.9 Å². The van der Waals surface area contributed by atoms with Gasteiger partial charge in [-0.25, -0.2) is 0 Å². The lowest BCUT2D eigenvalue weighted by molar-refractivity contribution is -0.151. The number of rotatable bonds is 10. The molecule has 1 unspecified atom stereocenters. The second kappa shape index (κ2) is 9.95. The van der Waals surface area contributed by atoms with E-state index in [9.17, 15) is 4.79 Å². The van der Waals surface area contributed by atoms with Crippen molar-refractivity contribution in [3.63, 3.8) is 0 Å². The van der Waals surface area contributed by atoms with Gasteiger partial charge in [0.15, 0.2) is 0 Å². The molecular formula is C27H34O5. The number of benzene rings is 2. The van der Waals surface area contributed by atoms with Crippen molar-refractivity contribution in [2.75, 3.05) is 26.4 Å². The molecule has 0 spiro atoms. The number of carbonyl (C=O) groups excluding carboxylic acids is 1. The Kier molecular flexibility index (Phi) is 7.04. The van der Waals surface area contributed by atoms with E-state index < -0.39 is 0 Å². The summed E-state index contributed by atoms with van der Waals surface area (Å²) in [5.41, 5.74) is 3.37. The van der Waals surface area contributed by atoms with Gasteiger partial charge in [-0.15, -0.1) is 0 Å². The molecule has 172 valence electrons. The van der Waals surface area contributed by atoms with Crippen LogP contribution in [-0.2, 0) is 26.1 Å². The van der Waals surface area contributed by atoms with Gasteiger partial charge in [0.05, 0.1) is 38.3 Å². The number of carbonyl (C=O) groups is 1. The molecule has 4 rings (SSSR count). The third-order valence-electron chi connectivity index (χ3n) is 6.39. The maximum atomic E-state index is 12.1. The molecule has 0 amide bonds. The van der Waals surface area contributed by atoms with Crippen molar-refractivity contribution in [1.82, 2.24) is 0 Å². The zero-order valence-corrected chi connectivity index (χ0v) is 19.4. The molecule has 1 fully saturated rings. The predicted octanol–water partition coefficient (Wildman–Crippen LogP) is 5.40. The Morgan fingerprint density at radius 3 is 2.53 bits per heavy atom. The molecule has 1 atom stereocenters. The Morgan fingerprint density at radius 2 is 1.88 bits per heavy atom. The van der Waals surface area contributed by atoms with Crippen molar-refractivity contribution < 1.29 is 23.7 Å². The van der Waals surface area contributed by atoms with E-state index in [1.165, 1.54) is 11.1 Å². The van der Waals surface area contributed by atoms with Gasteiger partial charge >= 0.3 is 5.97 Å². The first kappa shape index (κ1) is 22.7. The first-order valence-corrected chi connectivity index (χ1v) is 11.8. The second-order valence-corrected chi connectivity index (χ2v) is 9.32. The number of aryl methyl sites for hydroxylation is 1. The summed E-state index contributed by atoms with van der Waals surface area (Å²) in [6.45, 7) is 8.46. The van der Waals surface area contributed by atoms with Crippen molar-refractivity contribution in [3.05, 3.63) is 59.2 Å². The van der Waals surface area contributed by atoms with E-state index in [0.29, 0.717) is 32.2 Å². The van der Waals surface area contributed by atoms with Gasteiger partial charge in [-0.2, -0.15) is 0 Å². The molecule has 2 aromatic carbocycles. The summed E-state index contributed by atoms with van der Waals surface area (Å²) in [6, 6.07) is 14.5. The van der Waals surface area contributed by atoms with Gasteiger partial charge in [0, 0.05) is 0 Å². The quantitative estimate of drug-likeness (QED) is 0.465. The lowest BCUT2D eigenvalue weighted by atomic mass is 9.76. The van der Waals surface area contributed by atoms with Gasteiger partial charge < -0.3 is 18.9 Å². The Balaban J connectivity index is 1.41.